The minimum absolute atomic E-state index is 0.523. The van der Waals surface area contributed by atoms with Gasteiger partial charge in [0.1, 0.15) is 0 Å². The second-order valence-corrected chi connectivity index (χ2v) is 5.63. The summed E-state index contributed by atoms with van der Waals surface area (Å²) in [5, 5.41) is 18.8. The van der Waals surface area contributed by atoms with E-state index < -0.39 is 7.12 Å². The van der Waals surface area contributed by atoms with Crippen molar-refractivity contribution in [2.75, 3.05) is 20.1 Å². The molecular formula is C14H23BN2O2. The first-order valence-electron chi connectivity index (χ1n) is 6.87. The van der Waals surface area contributed by atoms with Crippen LogP contribution in [0.15, 0.2) is 24.3 Å². The molecule has 104 valence electrons. The lowest BCUT2D eigenvalue weighted by molar-refractivity contribution is 0.0557. The van der Waals surface area contributed by atoms with E-state index in [1.807, 2.05) is 18.2 Å². The largest absolute Gasteiger partial charge is 0.488 e. The molecule has 0 saturated carbocycles. The van der Waals surface area contributed by atoms with Gasteiger partial charge in [-0.1, -0.05) is 24.3 Å². The Hall–Kier alpha value is -0.875. The average molecular weight is 262 g/mol. The van der Waals surface area contributed by atoms with Crippen LogP contribution in [-0.2, 0) is 6.54 Å². The van der Waals surface area contributed by atoms with E-state index in [1.165, 1.54) is 0 Å². The first-order chi connectivity index (χ1) is 8.99. The zero-order valence-corrected chi connectivity index (χ0v) is 12.0. The summed E-state index contributed by atoms with van der Waals surface area (Å²) in [6.07, 6.45) is 0. The van der Waals surface area contributed by atoms with Crippen molar-refractivity contribution < 1.29 is 10.0 Å². The first kappa shape index (κ1) is 14.5. The molecule has 2 N–H and O–H groups in total. The number of rotatable bonds is 3. The summed E-state index contributed by atoms with van der Waals surface area (Å²) in [6, 6.07) is 8.59. The molecular weight excluding hydrogens is 239 g/mol. The molecule has 0 aromatic heterocycles. The topological polar surface area (TPSA) is 46.9 Å². The summed E-state index contributed by atoms with van der Waals surface area (Å²) in [6.45, 7) is 7.26. The van der Waals surface area contributed by atoms with Gasteiger partial charge in [-0.25, -0.2) is 0 Å². The lowest BCUT2D eigenvalue weighted by Crippen LogP contribution is -2.54. The second kappa shape index (κ2) is 6.05. The van der Waals surface area contributed by atoms with Crippen LogP contribution in [0.25, 0.3) is 0 Å². The van der Waals surface area contributed by atoms with E-state index in [0.717, 1.165) is 25.2 Å². The highest BCUT2D eigenvalue weighted by molar-refractivity contribution is 6.59. The van der Waals surface area contributed by atoms with E-state index in [2.05, 4.69) is 30.7 Å². The molecule has 0 aliphatic carbocycles. The van der Waals surface area contributed by atoms with Crippen LogP contribution in [0.4, 0.5) is 0 Å². The van der Waals surface area contributed by atoms with Crippen molar-refractivity contribution in [1.29, 1.82) is 0 Å². The Balaban J connectivity index is 2.09. The predicted molar refractivity (Wildman–Crippen MR) is 78.2 cm³/mol. The van der Waals surface area contributed by atoms with Crippen molar-refractivity contribution in [1.82, 2.24) is 9.80 Å². The lowest BCUT2D eigenvalue weighted by Gasteiger charge is -2.42. The van der Waals surface area contributed by atoms with Gasteiger partial charge in [0.05, 0.1) is 0 Å². The number of hydrogen-bond donors (Lipinski definition) is 2. The zero-order chi connectivity index (χ0) is 14.0. The van der Waals surface area contributed by atoms with Gasteiger partial charge in [-0.3, -0.25) is 9.80 Å². The fraction of sp³-hybridized carbons (Fsp3) is 0.571. The number of nitrogens with zero attached hydrogens (tertiary/aromatic N) is 2. The molecule has 0 spiro atoms. The molecule has 19 heavy (non-hydrogen) atoms. The molecule has 0 amide bonds. The molecule has 0 bridgehead atoms. The monoisotopic (exact) mass is 262 g/mol. The van der Waals surface area contributed by atoms with Crippen LogP contribution in [0.3, 0.4) is 0 Å². The molecule has 1 aromatic carbocycles. The standard InChI is InChI=1S/C14H23BN2O2/c1-11-8-17(9-12(2)16(11)3)10-13-6-4-5-7-14(13)15(18)19/h4-7,11-12,18-19H,8-10H2,1-3H3. The SMILES string of the molecule is CC1CN(Cc2ccccc2B(O)O)CC(C)N1C. The van der Waals surface area contributed by atoms with Crippen molar-refractivity contribution in [3.8, 4) is 0 Å². The predicted octanol–water partition coefficient (Wildman–Crippen LogP) is -0.109. The van der Waals surface area contributed by atoms with Crippen LogP contribution in [0.1, 0.15) is 19.4 Å². The third-order valence-corrected chi connectivity index (χ3v) is 4.16. The molecule has 1 aliphatic heterocycles. The molecule has 1 aromatic rings. The Kier molecular flexibility index (Phi) is 4.63. The molecule has 2 atom stereocenters. The minimum atomic E-state index is -1.39. The van der Waals surface area contributed by atoms with Crippen LogP contribution in [-0.4, -0.2) is 59.2 Å². The van der Waals surface area contributed by atoms with Gasteiger partial charge in [0.25, 0.3) is 0 Å². The Labute approximate surface area is 115 Å². The van der Waals surface area contributed by atoms with Crippen molar-refractivity contribution >= 4 is 12.6 Å². The van der Waals surface area contributed by atoms with Crippen LogP contribution in [0.5, 0.6) is 0 Å². The van der Waals surface area contributed by atoms with Gasteiger partial charge in [0.15, 0.2) is 0 Å². The molecule has 1 heterocycles. The summed E-state index contributed by atoms with van der Waals surface area (Å²) in [7, 11) is 0.775. The second-order valence-electron chi connectivity index (χ2n) is 5.63. The van der Waals surface area contributed by atoms with Gasteiger partial charge in [-0.15, -0.1) is 0 Å². The van der Waals surface area contributed by atoms with Gasteiger partial charge < -0.3 is 10.0 Å². The molecule has 5 heteroatoms. The van der Waals surface area contributed by atoms with Crippen molar-refractivity contribution in [3.63, 3.8) is 0 Å². The fourth-order valence-electron chi connectivity index (χ4n) is 2.81. The lowest BCUT2D eigenvalue weighted by atomic mass is 9.77. The normalized spacial score (nSPS) is 25.5. The summed E-state index contributed by atoms with van der Waals surface area (Å²) >= 11 is 0. The summed E-state index contributed by atoms with van der Waals surface area (Å²) in [5.41, 5.74) is 1.61. The summed E-state index contributed by atoms with van der Waals surface area (Å²) < 4.78 is 0. The van der Waals surface area contributed by atoms with Crippen LogP contribution in [0, 0.1) is 0 Å². The Bertz CT molecular complexity index is 416. The van der Waals surface area contributed by atoms with Gasteiger partial charge in [-0.2, -0.15) is 0 Å². The first-order valence-corrected chi connectivity index (χ1v) is 6.87. The maximum absolute atomic E-state index is 9.41. The number of hydrogen-bond acceptors (Lipinski definition) is 4. The van der Waals surface area contributed by atoms with Crippen molar-refractivity contribution in [3.05, 3.63) is 29.8 Å². The molecule has 1 saturated heterocycles. The third-order valence-electron chi connectivity index (χ3n) is 4.16. The van der Waals surface area contributed by atoms with Gasteiger partial charge in [-0.05, 0) is 31.9 Å². The zero-order valence-electron chi connectivity index (χ0n) is 12.0. The summed E-state index contributed by atoms with van der Waals surface area (Å²) in [5.74, 6) is 0. The quantitative estimate of drug-likeness (QED) is 0.746. The Morgan fingerprint density at radius 1 is 1.16 bits per heavy atom. The fourth-order valence-corrected chi connectivity index (χ4v) is 2.81. The van der Waals surface area contributed by atoms with Gasteiger partial charge in [0, 0.05) is 31.7 Å². The van der Waals surface area contributed by atoms with Crippen LogP contribution in [0.2, 0.25) is 0 Å². The number of piperazine rings is 1. The highest BCUT2D eigenvalue weighted by Crippen LogP contribution is 2.15. The van der Waals surface area contributed by atoms with E-state index in [0.29, 0.717) is 17.5 Å². The highest BCUT2D eigenvalue weighted by Gasteiger charge is 2.27. The highest BCUT2D eigenvalue weighted by atomic mass is 16.4. The van der Waals surface area contributed by atoms with E-state index in [4.69, 9.17) is 0 Å². The van der Waals surface area contributed by atoms with E-state index in [9.17, 15) is 10.0 Å². The maximum Gasteiger partial charge on any atom is 0.488 e. The van der Waals surface area contributed by atoms with Gasteiger partial charge in [0.2, 0.25) is 0 Å². The van der Waals surface area contributed by atoms with Crippen molar-refractivity contribution in [2.45, 2.75) is 32.5 Å². The van der Waals surface area contributed by atoms with Crippen LogP contribution < -0.4 is 5.46 Å². The van der Waals surface area contributed by atoms with E-state index in [-0.39, 0.29) is 0 Å². The van der Waals surface area contributed by atoms with Gasteiger partial charge >= 0.3 is 7.12 Å². The Morgan fingerprint density at radius 3 is 2.32 bits per heavy atom. The Morgan fingerprint density at radius 2 is 1.74 bits per heavy atom. The number of benzene rings is 1. The molecule has 1 fully saturated rings. The van der Waals surface area contributed by atoms with E-state index in [1.54, 1.807) is 6.07 Å². The maximum atomic E-state index is 9.41. The average Bonchev–Trinajstić information content (AvgIpc) is 2.36. The van der Waals surface area contributed by atoms with Crippen molar-refractivity contribution in [2.24, 2.45) is 0 Å². The third kappa shape index (κ3) is 3.36. The van der Waals surface area contributed by atoms with E-state index >= 15 is 0 Å². The molecule has 0 radical (unpaired) electrons. The smallest absolute Gasteiger partial charge is 0.423 e. The minimum Gasteiger partial charge on any atom is -0.423 e. The van der Waals surface area contributed by atoms with Crippen LogP contribution >= 0.6 is 0 Å². The number of likely N-dealkylation sites (N-methyl/N-ethyl adjacent to an activating group) is 1. The molecule has 4 nitrogen and oxygen atoms in total. The molecule has 1 aliphatic rings. The molecule has 2 rings (SSSR count). The summed E-state index contributed by atoms with van der Waals surface area (Å²) in [4.78, 5) is 4.78. The molecule has 2 unspecified atom stereocenters.